The lowest BCUT2D eigenvalue weighted by atomic mass is 9.91. The van der Waals surface area contributed by atoms with Gasteiger partial charge in [0.15, 0.2) is 17.6 Å². The van der Waals surface area contributed by atoms with Crippen molar-refractivity contribution < 1.29 is 31.9 Å². The minimum absolute atomic E-state index is 0.0325. The number of amides is 2. The van der Waals surface area contributed by atoms with Crippen molar-refractivity contribution in [1.82, 2.24) is 16.0 Å². The third kappa shape index (κ3) is 7.59. The Kier molecular flexibility index (Phi) is 8.73. The van der Waals surface area contributed by atoms with E-state index in [0.717, 1.165) is 18.2 Å². The number of nitrogens with zero attached hydrogens (tertiary/aromatic N) is 1. The monoisotopic (exact) mass is 486 g/mol. The molecule has 34 heavy (non-hydrogen) atoms. The van der Waals surface area contributed by atoms with Gasteiger partial charge in [0.05, 0.1) is 12.6 Å². The molecule has 3 rings (SSSR count). The average Bonchev–Trinajstić information content (AvgIpc) is 2.78. The molecule has 7 nitrogen and oxygen atoms in total. The summed E-state index contributed by atoms with van der Waals surface area (Å²) in [6.45, 7) is 2.01. The molecule has 0 bridgehead atoms. The first-order chi connectivity index (χ1) is 16.1. The number of guanidine groups is 1. The van der Waals surface area contributed by atoms with E-state index in [-0.39, 0.29) is 55.9 Å². The van der Waals surface area contributed by atoms with Crippen molar-refractivity contribution in [2.75, 3.05) is 6.61 Å². The van der Waals surface area contributed by atoms with Crippen LogP contribution in [0.2, 0.25) is 0 Å². The predicted octanol–water partition coefficient (Wildman–Crippen LogP) is 4.28. The highest BCUT2D eigenvalue weighted by atomic mass is 19.3. The smallest absolute Gasteiger partial charge is 0.407 e. The molecule has 2 saturated carbocycles. The van der Waals surface area contributed by atoms with Crippen molar-refractivity contribution in [2.24, 2.45) is 4.99 Å². The fraction of sp³-hybridized carbons (Fsp3) is 0.609. The average molecular weight is 487 g/mol. The van der Waals surface area contributed by atoms with Gasteiger partial charge in [-0.1, -0.05) is 0 Å². The highest BCUT2D eigenvalue weighted by Gasteiger charge is 2.35. The van der Waals surface area contributed by atoms with E-state index in [9.17, 15) is 27.2 Å². The molecular formula is C23H30F4N4O3. The van der Waals surface area contributed by atoms with Gasteiger partial charge >= 0.3 is 6.09 Å². The predicted molar refractivity (Wildman–Crippen MR) is 118 cm³/mol. The number of hydrogen-bond donors (Lipinski definition) is 3. The van der Waals surface area contributed by atoms with Gasteiger partial charge in [0.25, 0.3) is 5.91 Å². The van der Waals surface area contributed by atoms with Gasteiger partial charge in [-0.3, -0.25) is 10.1 Å². The van der Waals surface area contributed by atoms with E-state index in [2.05, 4.69) is 20.9 Å². The number of benzene rings is 1. The van der Waals surface area contributed by atoms with E-state index in [1.165, 1.54) is 0 Å². The Morgan fingerprint density at radius 3 is 2.21 bits per heavy atom. The van der Waals surface area contributed by atoms with Crippen LogP contribution in [0.5, 0.6) is 0 Å². The van der Waals surface area contributed by atoms with E-state index in [4.69, 9.17) is 4.74 Å². The number of aliphatic imine (C=N–C) groups is 1. The van der Waals surface area contributed by atoms with Crippen LogP contribution in [0, 0.1) is 11.6 Å². The molecule has 0 aromatic heterocycles. The van der Waals surface area contributed by atoms with Crippen molar-refractivity contribution >= 4 is 18.0 Å². The summed E-state index contributed by atoms with van der Waals surface area (Å²) in [5.74, 6) is -5.50. The Bertz CT molecular complexity index is 894. The number of alkyl carbamates (subject to hydrolysis) is 1. The summed E-state index contributed by atoms with van der Waals surface area (Å²) in [4.78, 5) is 28.7. The van der Waals surface area contributed by atoms with Crippen molar-refractivity contribution in [3.05, 3.63) is 35.4 Å². The van der Waals surface area contributed by atoms with E-state index in [1.807, 2.05) is 0 Å². The topological polar surface area (TPSA) is 91.8 Å². The maximum Gasteiger partial charge on any atom is 0.407 e. The summed E-state index contributed by atoms with van der Waals surface area (Å²) < 4.78 is 58.7. The normalized spacial score (nSPS) is 23.1. The number of carbonyl (C=O) groups excluding carboxylic acids is 2. The van der Waals surface area contributed by atoms with E-state index in [0.29, 0.717) is 25.7 Å². The quantitative estimate of drug-likeness (QED) is 0.329. The number of rotatable bonds is 5. The van der Waals surface area contributed by atoms with Gasteiger partial charge in [-0.2, -0.15) is 0 Å². The number of alkyl halides is 2. The molecule has 2 aliphatic carbocycles. The largest absolute Gasteiger partial charge is 0.450 e. The Morgan fingerprint density at radius 1 is 1.00 bits per heavy atom. The van der Waals surface area contributed by atoms with Gasteiger partial charge in [0.1, 0.15) is 0 Å². The van der Waals surface area contributed by atoms with Gasteiger partial charge in [0, 0.05) is 30.5 Å². The fourth-order valence-electron chi connectivity index (χ4n) is 4.17. The molecule has 0 unspecified atom stereocenters. The molecule has 0 spiro atoms. The number of hydrogen-bond acceptors (Lipinski definition) is 4. The SMILES string of the molecule is CCOC(=O)NC1CCC(NC(=NC2CCC(F)(F)CC2)NC(=O)c2ccc(F)c(F)c2)CC1. The molecule has 2 fully saturated rings. The van der Waals surface area contributed by atoms with E-state index >= 15 is 0 Å². The van der Waals surface area contributed by atoms with Gasteiger partial charge in [-0.05, 0) is 63.6 Å². The van der Waals surface area contributed by atoms with Crippen LogP contribution in [0.15, 0.2) is 23.2 Å². The summed E-state index contributed by atoms with van der Waals surface area (Å²) in [5, 5.41) is 8.56. The molecule has 188 valence electrons. The Morgan fingerprint density at radius 2 is 1.62 bits per heavy atom. The summed E-state index contributed by atoms with van der Waals surface area (Å²) in [5.41, 5.74) is -0.0917. The zero-order valence-electron chi connectivity index (χ0n) is 19.0. The molecule has 1 aromatic rings. The number of halogens is 4. The lowest BCUT2D eigenvalue weighted by Gasteiger charge is -2.31. The Balaban J connectivity index is 1.65. The number of nitrogens with one attached hydrogen (secondary N) is 3. The number of carbonyl (C=O) groups is 2. The van der Waals surface area contributed by atoms with Crippen LogP contribution in [-0.2, 0) is 4.74 Å². The second-order valence-electron chi connectivity index (χ2n) is 8.71. The van der Waals surface area contributed by atoms with Gasteiger partial charge in [-0.25, -0.2) is 27.3 Å². The van der Waals surface area contributed by atoms with Crippen LogP contribution in [0.25, 0.3) is 0 Å². The summed E-state index contributed by atoms with van der Waals surface area (Å²) in [7, 11) is 0. The lowest BCUT2D eigenvalue weighted by Crippen LogP contribution is -2.49. The van der Waals surface area contributed by atoms with Gasteiger partial charge < -0.3 is 15.4 Å². The van der Waals surface area contributed by atoms with Crippen molar-refractivity contribution in [1.29, 1.82) is 0 Å². The van der Waals surface area contributed by atoms with Gasteiger partial charge in [-0.15, -0.1) is 0 Å². The summed E-state index contributed by atoms with van der Waals surface area (Å²) in [6.07, 6.45) is 2.01. The van der Waals surface area contributed by atoms with Crippen LogP contribution in [0.3, 0.4) is 0 Å². The Labute approximate surface area is 195 Å². The maximum atomic E-state index is 13.6. The molecule has 11 heteroatoms. The van der Waals surface area contributed by atoms with Crippen molar-refractivity contribution in [3.8, 4) is 0 Å². The van der Waals surface area contributed by atoms with E-state index in [1.54, 1.807) is 6.92 Å². The standard InChI is InChI=1S/C23H30F4N4O3/c1-2-34-22(33)30-16-6-4-15(5-7-16)28-21(29-17-9-11-23(26,27)12-10-17)31-20(32)14-3-8-18(24)19(25)13-14/h3,8,13,15-17H,2,4-7,9-12H2,1H3,(H,30,33)(H2,28,29,31,32). The molecule has 2 amide bonds. The fourth-order valence-corrected chi connectivity index (χ4v) is 4.17. The third-order valence-electron chi connectivity index (χ3n) is 6.08. The zero-order valence-corrected chi connectivity index (χ0v) is 19.0. The summed E-state index contributed by atoms with van der Waals surface area (Å²) in [6, 6.07) is 2.29. The minimum atomic E-state index is -2.71. The van der Waals surface area contributed by atoms with Crippen LogP contribution in [-0.4, -0.2) is 48.6 Å². The molecule has 0 saturated heterocycles. The highest BCUT2D eigenvalue weighted by molar-refractivity contribution is 6.05. The molecular weight excluding hydrogens is 456 g/mol. The molecule has 1 aromatic carbocycles. The number of ether oxygens (including phenoxy) is 1. The van der Waals surface area contributed by atoms with Crippen LogP contribution < -0.4 is 16.0 Å². The molecule has 0 aliphatic heterocycles. The first kappa shape index (κ1) is 25.8. The molecule has 0 heterocycles. The van der Waals surface area contributed by atoms with Gasteiger partial charge in [0.2, 0.25) is 5.92 Å². The van der Waals surface area contributed by atoms with Crippen LogP contribution in [0.4, 0.5) is 22.4 Å². The van der Waals surface area contributed by atoms with Crippen LogP contribution in [0.1, 0.15) is 68.6 Å². The van der Waals surface area contributed by atoms with Crippen LogP contribution >= 0.6 is 0 Å². The Hall–Kier alpha value is -2.85. The third-order valence-corrected chi connectivity index (χ3v) is 6.08. The highest BCUT2D eigenvalue weighted by Crippen LogP contribution is 2.34. The lowest BCUT2D eigenvalue weighted by molar-refractivity contribution is -0.0374. The molecule has 0 atom stereocenters. The summed E-state index contributed by atoms with van der Waals surface area (Å²) >= 11 is 0. The molecule has 2 aliphatic rings. The first-order valence-electron chi connectivity index (χ1n) is 11.6. The van der Waals surface area contributed by atoms with E-state index < -0.39 is 35.6 Å². The second-order valence-corrected chi connectivity index (χ2v) is 8.71. The minimum Gasteiger partial charge on any atom is -0.450 e. The first-order valence-corrected chi connectivity index (χ1v) is 11.6. The molecule has 0 radical (unpaired) electrons. The zero-order chi connectivity index (χ0) is 24.7. The molecule has 3 N–H and O–H groups in total. The van der Waals surface area contributed by atoms with Crippen molar-refractivity contribution in [2.45, 2.75) is 82.3 Å². The maximum absolute atomic E-state index is 13.6. The second kappa shape index (κ2) is 11.5. The van der Waals surface area contributed by atoms with Crippen molar-refractivity contribution in [3.63, 3.8) is 0 Å².